The Hall–Kier alpha value is -2.48. The predicted octanol–water partition coefficient (Wildman–Crippen LogP) is 2.10. The molecule has 0 aromatic carbocycles. The quantitative estimate of drug-likeness (QED) is 0.522. The summed E-state index contributed by atoms with van der Waals surface area (Å²) in [5, 5.41) is 16.1. The van der Waals surface area contributed by atoms with Gasteiger partial charge in [-0.2, -0.15) is 0 Å². The highest BCUT2D eigenvalue weighted by molar-refractivity contribution is 7.11. The van der Waals surface area contributed by atoms with Gasteiger partial charge in [-0.05, 0) is 32.9 Å². The van der Waals surface area contributed by atoms with Crippen LogP contribution in [0.5, 0.6) is 0 Å². The lowest BCUT2D eigenvalue weighted by molar-refractivity contribution is 0.784. The van der Waals surface area contributed by atoms with Crippen molar-refractivity contribution in [2.24, 2.45) is 4.99 Å². The van der Waals surface area contributed by atoms with Crippen LogP contribution in [0.4, 0.5) is 0 Å². The van der Waals surface area contributed by atoms with Crippen LogP contribution in [0.15, 0.2) is 29.4 Å². The Labute approximate surface area is 151 Å². The van der Waals surface area contributed by atoms with E-state index in [-0.39, 0.29) is 0 Å². The van der Waals surface area contributed by atoms with Gasteiger partial charge >= 0.3 is 0 Å². The lowest BCUT2D eigenvalue weighted by Gasteiger charge is -2.10. The molecule has 8 heteroatoms. The summed E-state index contributed by atoms with van der Waals surface area (Å²) in [6.07, 6.45) is 2.84. The molecule has 3 aromatic heterocycles. The van der Waals surface area contributed by atoms with E-state index in [1.807, 2.05) is 28.8 Å². The van der Waals surface area contributed by atoms with Crippen molar-refractivity contribution in [3.05, 3.63) is 45.8 Å². The average Bonchev–Trinajstić information content (AvgIpc) is 3.16. The van der Waals surface area contributed by atoms with Crippen LogP contribution in [0.1, 0.15) is 28.3 Å². The molecule has 3 rings (SSSR count). The van der Waals surface area contributed by atoms with E-state index in [2.05, 4.69) is 51.6 Å². The van der Waals surface area contributed by atoms with E-state index >= 15 is 0 Å². The number of thiazole rings is 1. The largest absolute Gasteiger partial charge is 0.357 e. The van der Waals surface area contributed by atoms with Crippen molar-refractivity contribution in [3.8, 4) is 0 Å². The molecule has 3 aromatic rings. The molecule has 25 heavy (non-hydrogen) atoms. The number of rotatable bonds is 6. The maximum Gasteiger partial charge on any atom is 0.191 e. The number of guanidine groups is 1. The minimum atomic E-state index is 0.468. The van der Waals surface area contributed by atoms with Crippen molar-refractivity contribution < 1.29 is 0 Å². The number of aliphatic imine (C=N–C) groups is 1. The maximum atomic E-state index is 4.61. The van der Waals surface area contributed by atoms with Crippen molar-refractivity contribution >= 4 is 22.9 Å². The third kappa shape index (κ3) is 4.33. The fourth-order valence-corrected chi connectivity index (χ4v) is 3.36. The van der Waals surface area contributed by atoms with E-state index in [4.69, 9.17) is 0 Å². The fourth-order valence-electron chi connectivity index (χ4n) is 2.42. The molecule has 0 unspecified atom stereocenters. The van der Waals surface area contributed by atoms with Crippen LogP contribution < -0.4 is 10.6 Å². The highest BCUT2D eigenvalue weighted by Gasteiger charge is 2.06. The van der Waals surface area contributed by atoms with Gasteiger partial charge in [0.15, 0.2) is 17.4 Å². The smallest absolute Gasteiger partial charge is 0.191 e. The Morgan fingerprint density at radius 1 is 1.24 bits per heavy atom. The number of fused-ring (bicyclic) bond motifs is 1. The Balaban J connectivity index is 1.60. The zero-order valence-electron chi connectivity index (χ0n) is 14.8. The Morgan fingerprint density at radius 3 is 2.88 bits per heavy atom. The number of hydrogen-bond donors (Lipinski definition) is 2. The second-order valence-corrected chi connectivity index (χ2v) is 6.95. The summed E-state index contributed by atoms with van der Waals surface area (Å²) in [6.45, 7) is 8.28. The summed E-state index contributed by atoms with van der Waals surface area (Å²) in [5.74, 6) is 1.60. The molecule has 0 aliphatic rings. The lowest BCUT2D eigenvalue weighted by Crippen LogP contribution is -2.38. The molecular formula is C17H23N7S. The number of aryl methyl sites for hydroxylation is 2. The van der Waals surface area contributed by atoms with Crippen molar-refractivity contribution in [1.29, 1.82) is 0 Å². The summed E-state index contributed by atoms with van der Waals surface area (Å²) in [5.41, 5.74) is 1.96. The summed E-state index contributed by atoms with van der Waals surface area (Å²) in [7, 11) is 0. The SMILES string of the molecule is CCNC(=NCc1nnc2ccccn12)NCCc1nc(C)c(C)s1. The normalized spacial score (nSPS) is 11.9. The molecule has 0 saturated heterocycles. The first-order valence-electron chi connectivity index (χ1n) is 8.41. The molecule has 0 aliphatic heterocycles. The van der Waals surface area contributed by atoms with Gasteiger partial charge in [0.05, 0.1) is 10.7 Å². The molecule has 0 spiro atoms. The average molecular weight is 357 g/mol. The third-order valence-electron chi connectivity index (χ3n) is 3.81. The lowest BCUT2D eigenvalue weighted by atomic mass is 10.4. The molecule has 0 aliphatic carbocycles. The monoisotopic (exact) mass is 357 g/mol. The van der Waals surface area contributed by atoms with Gasteiger partial charge in [0.25, 0.3) is 0 Å². The standard InChI is InChI=1S/C17H23N7S/c1-4-18-17(19-9-8-16-21-12(2)13(3)25-16)20-11-15-23-22-14-7-5-6-10-24(14)15/h5-7,10H,4,8-9,11H2,1-3H3,(H2,18,19,20). The summed E-state index contributed by atoms with van der Waals surface area (Å²) < 4.78 is 1.95. The Bertz CT molecular complexity index is 845. The van der Waals surface area contributed by atoms with Crippen LogP contribution in [0.3, 0.4) is 0 Å². The van der Waals surface area contributed by atoms with Crippen LogP contribution >= 0.6 is 11.3 Å². The molecular weight excluding hydrogens is 334 g/mol. The van der Waals surface area contributed by atoms with Gasteiger partial charge in [-0.25, -0.2) is 9.98 Å². The Morgan fingerprint density at radius 2 is 2.12 bits per heavy atom. The van der Waals surface area contributed by atoms with Crippen LogP contribution in [-0.4, -0.2) is 38.6 Å². The van der Waals surface area contributed by atoms with Gasteiger partial charge in [0.1, 0.15) is 6.54 Å². The van der Waals surface area contributed by atoms with E-state index in [0.717, 1.165) is 47.6 Å². The van der Waals surface area contributed by atoms with E-state index < -0.39 is 0 Å². The summed E-state index contributed by atoms with van der Waals surface area (Å²) in [4.78, 5) is 10.5. The molecule has 0 radical (unpaired) electrons. The number of nitrogens with zero attached hydrogens (tertiary/aromatic N) is 5. The summed E-state index contributed by atoms with van der Waals surface area (Å²) >= 11 is 1.76. The van der Waals surface area contributed by atoms with Gasteiger partial charge in [0, 0.05) is 30.6 Å². The minimum absolute atomic E-state index is 0.468. The molecule has 132 valence electrons. The number of pyridine rings is 1. The zero-order chi connectivity index (χ0) is 17.6. The minimum Gasteiger partial charge on any atom is -0.357 e. The Kier molecular flexibility index (Phi) is 5.60. The predicted molar refractivity (Wildman–Crippen MR) is 101 cm³/mol. The van der Waals surface area contributed by atoms with Crippen molar-refractivity contribution in [3.63, 3.8) is 0 Å². The summed E-state index contributed by atoms with van der Waals surface area (Å²) in [6, 6.07) is 5.84. The van der Waals surface area contributed by atoms with Gasteiger partial charge in [-0.3, -0.25) is 4.40 Å². The highest BCUT2D eigenvalue weighted by atomic mass is 32.1. The topological polar surface area (TPSA) is 79.5 Å². The van der Waals surface area contributed by atoms with E-state index in [9.17, 15) is 0 Å². The third-order valence-corrected chi connectivity index (χ3v) is 4.94. The van der Waals surface area contributed by atoms with Crippen LogP contribution in [0, 0.1) is 13.8 Å². The molecule has 2 N–H and O–H groups in total. The molecule has 0 atom stereocenters. The maximum absolute atomic E-state index is 4.61. The van der Waals surface area contributed by atoms with Crippen molar-refractivity contribution in [1.82, 2.24) is 30.2 Å². The number of hydrogen-bond acceptors (Lipinski definition) is 5. The zero-order valence-corrected chi connectivity index (χ0v) is 15.6. The molecule has 3 heterocycles. The molecule has 0 saturated carbocycles. The molecule has 0 amide bonds. The number of aromatic nitrogens is 4. The van der Waals surface area contributed by atoms with Gasteiger partial charge in [-0.15, -0.1) is 21.5 Å². The van der Waals surface area contributed by atoms with Crippen LogP contribution in [0.25, 0.3) is 5.65 Å². The van der Waals surface area contributed by atoms with Crippen molar-refractivity contribution in [2.75, 3.05) is 13.1 Å². The molecule has 0 bridgehead atoms. The molecule has 0 fully saturated rings. The number of nitrogens with one attached hydrogen (secondary N) is 2. The van der Waals surface area contributed by atoms with Crippen LogP contribution in [-0.2, 0) is 13.0 Å². The van der Waals surface area contributed by atoms with E-state index in [0.29, 0.717) is 6.54 Å². The van der Waals surface area contributed by atoms with Crippen LogP contribution in [0.2, 0.25) is 0 Å². The first kappa shape index (κ1) is 17.3. The van der Waals surface area contributed by atoms with Gasteiger partial charge < -0.3 is 10.6 Å². The van der Waals surface area contributed by atoms with Gasteiger partial charge in [-0.1, -0.05) is 6.07 Å². The first-order valence-corrected chi connectivity index (χ1v) is 9.22. The van der Waals surface area contributed by atoms with E-state index in [1.165, 1.54) is 4.88 Å². The van der Waals surface area contributed by atoms with Crippen molar-refractivity contribution in [2.45, 2.75) is 33.7 Å². The highest BCUT2D eigenvalue weighted by Crippen LogP contribution is 2.16. The first-order chi connectivity index (χ1) is 12.2. The van der Waals surface area contributed by atoms with Gasteiger partial charge in [0.2, 0.25) is 0 Å². The fraction of sp³-hybridized carbons (Fsp3) is 0.412. The second kappa shape index (κ2) is 8.06. The molecule has 7 nitrogen and oxygen atoms in total. The van der Waals surface area contributed by atoms with E-state index in [1.54, 1.807) is 11.3 Å². The second-order valence-electron chi connectivity index (χ2n) is 5.67.